The lowest BCUT2D eigenvalue weighted by atomic mass is 10.1. The molecule has 0 saturated carbocycles. The second-order valence-corrected chi connectivity index (χ2v) is 8.98. The van der Waals surface area contributed by atoms with Crippen LogP contribution in [0.2, 0.25) is 0 Å². The van der Waals surface area contributed by atoms with E-state index in [0.717, 1.165) is 65.2 Å². The molecule has 0 unspecified atom stereocenters. The molecule has 0 radical (unpaired) electrons. The number of hydrogen-bond donors (Lipinski definition) is 2. The first-order valence-electron chi connectivity index (χ1n) is 11.6. The van der Waals surface area contributed by atoms with E-state index < -0.39 is 0 Å². The van der Waals surface area contributed by atoms with E-state index in [2.05, 4.69) is 48.9 Å². The van der Waals surface area contributed by atoms with Crippen molar-refractivity contribution in [2.75, 3.05) is 38.1 Å². The van der Waals surface area contributed by atoms with E-state index in [1.165, 1.54) is 5.69 Å². The summed E-state index contributed by atoms with van der Waals surface area (Å²) in [5.74, 6) is 1.20. The number of nitrogens with zero attached hydrogens (tertiary/aromatic N) is 4. The Hall–Kier alpha value is -3.97. The van der Waals surface area contributed by atoms with E-state index in [9.17, 15) is 4.79 Å². The smallest absolute Gasteiger partial charge is 0.202 e. The summed E-state index contributed by atoms with van der Waals surface area (Å²) < 4.78 is 0. The fourth-order valence-corrected chi connectivity index (χ4v) is 4.56. The number of nitrogens with one attached hydrogen (secondary N) is 2. The van der Waals surface area contributed by atoms with E-state index in [1.54, 1.807) is 0 Å². The molecular weight excluding hydrogens is 424 g/mol. The first-order valence-corrected chi connectivity index (χ1v) is 11.6. The van der Waals surface area contributed by atoms with Crippen molar-refractivity contribution in [2.24, 2.45) is 0 Å². The zero-order valence-corrected chi connectivity index (χ0v) is 19.1. The molecule has 34 heavy (non-hydrogen) atoms. The van der Waals surface area contributed by atoms with Gasteiger partial charge in [-0.2, -0.15) is 0 Å². The van der Waals surface area contributed by atoms with Crippen LogP contribution in [0.25, 0.3) is 33.5 Å². The van der Waals surface area contributed by atoms with Gasteiger partial charge in [0.15, 0.2) is 5.82 Å². The molecule has 1 aliphatic rings. The van der Waals surface area contributed by atoms with Gasteiger partial charge in [0.25, 0.3) is 0 Å². The number of aromatic amines is 2. The van der Waals surface area contributed by atoms with Crippen LogP contribution in [0.1, 0.15) is 16.2 Å². The van der Waals surface area contributed by atoms with Crippen molar-refractivity contribution in [3.05, 3.63) is 78.1 Å². The third kappa shape index (κ3) is 3.95. The first-order chi connectivity index (χ1) is 16.6. The van der Waals surface area contributed by atoms with Gasteiger partial charge in [0.2, 0.25) is 5.78 Å². The maximum absolute atomic E-state index is 13.0. The van der Waals surface area contributed by atoms with Gasteiger partial charge in [0.1, 0.15) is 5.82 Å². The van der Waals surface area contributed by atoms with Crippen LogP contribution in [-0.2, 0) is 6.42 Å². The second kappa shape index (κ2) is 8.43. The Morgan fingerprint density at radius 2 is 1.59 bits per heavy atom. The second-order valence-electron chi connectivity index (χ2n) is 8.98. The van der Waals surface area contributed by atoms with Crippen LogP contribution >= 0.6 is 0 Å². The van der Waals surface area contributed by atoms with Gasteiger partial charge in [0, 0.05) is 43.9 Å². The Morgan fingerprint density at radius 3 is 2.41 bits per heavy atom. The number of carbonyl (C=O) groups excluding carboxylic acids is 1. The zero-order chi connectivity index (χ0) is 23.1. The van der Waals surface area contributed by atoms with Crippen molar-refractivity contribution in [3.63, 3.8) is 0 Å². The number of Topliss-reactive ketones (excluding diaryl/α,β-unsaturated/α-hetero) is 1. The Morgan fingerprint density at radius 1 is 0.853 bits per heavy atom. The maximum atomic E-state index is 13.0. The summed E-state index contributed by atoms with van der Waals surface area (Å²) in [4.78, 5) is 33.6. The van der Waals surface area contributed by atoms with E-state index >= 15 is 0 Å². The molecule has 170 valence electrons. The lowest BCUT2D eigenvalue weighted by Gasteiger charge is -2.34. The van der Waals surface area contributed by atoms with Gasteiger partial charge < -0.3 is 19.8 Å². The third-order valence-electron chi connectivity index (χ3n) is 6.56. The number of ketones is 1. The summed E-state index contributed by atoms with van der Waals surface area (Å²) in [6, 6.07) is 22.1. The standard InChI is InChI=1S/C27H26N6O/c1-32-11-13-33(14-12-32)20-8-10-22-24(17-20)31-27(29-22)25(34)16-18-7-9-21-23(15-18)30-26(28-21)19-5-3-2-4-6-19/h2-10,15,17H,11-14,16H2,1H3,(H,28,30)(H,29,31). The molecule has 0 bridgehead atoms. The number of aromatic nitrogens is 4. The minimum Gasteiger partial charge on any atom is -0.369 e. The molecule has 2 N–H and O–H groups in total. The molecule has 1 saturated heterocycles. The average molecular weight is 451 g/mol. The van der Waals surface area contributed by atoms with Gasteiger partial charge in [-0.15, -0.1) is 0 Å². The number of piperazine rings is 1. The van der Waals surface area contributed by atoms with Crippen molar-refractivity contribution in [2.45, 2.75) is 6.42 Å². The molecule has 6 rings (SSSR count). The van der Waals surface area contributed by atoms with Crippen molar-refractivity contribution >= 4 is 33.5 Å². The molecule has 1 fully saturated rings. The van der Waals surface area contributed by atoms with Crippen LogP contribution in [0, 0.1) is 0 Å². The number of hydrogen-bond acceptors (Lipinski definition) is 5. The van der Waals surface area contributed by atoms with E-state index in [-0.39, 0.29) is 12.2 Å². The monoisotopic (exact) mass is 450 g/mol. The minimum absolute atomic E-state index is 0.0282. The fraction of sp³-hybridized carbons (Fsp3) is 0.222. The number of fused-ring (bicyclic) bond motifs is 2. The van der Waals surface area contributed by atoms with Gasteiger partial charge in [-0.05, 0) is 42.9 Å². The molecule has 7 nitrogen and oxygen atoms in total. The molecule has 0 aliphatic carbocycles. The highest BCUT2D eigenvalue weighted by atomic mass is 16.1. The third-order valence-corrected chi connectivity index (χ3v) is 6.56. The number of carbonyl (C=O) groups is 1. The quantitative estimate of drug-likeness (QED) is 0.391. The summed E-state index contributed by atoms with van der Waals surface area (Å²) in [6.07, 6.45) is 0.279. The number of likely N-dealkylation sites (N-methyl/N-ethyl adjacent to an activating group) is 1. The van der Waals surface area contributed by atoms with E-state index in [0.29, 0.717) is 5.82 Å². The van der Waals surface area contributed by atoms with Crippen molar-refractivity contribution in [1.29, 1.82) is 0 Å². The summed E-state index contributed by atoms with van der Waals surface area (Å²) in [5.41, 5.74) is 6.66. The largest absolute Gasteiger partial charge is 0.369 e. The normalized spacial score (nSPS) is 14.8. The molecule has 0 spiro atoms. The fourth-order valence-electron chi connectivity index (χ4n) is 4.56. The molecule has 3 aromatic carbocycles. The summed E-state index contributed by atoms with van der Waals surface area (Å²) >= 11 is 0. The van der Waals surface area contributed by atoms with E-state index in [1.807, 2.05) is 54.6 Å². The van der Waals surface area contributed by atoms with Crippen LogP contribution in [0.3, 0.4) is 0 Å². The molecule has 0 amide bonds. The number of rotatable bonds is 5. The van der Waals surface area contributed by atoms with Gasteiger partial charge in [-0.1, -0.05) is 36.4 Å². The molecule has 7 heteroatoms. The van der Waals surface area contributed by atoms with Crippen molar-refractivity contribution < 1.29 is 4.79 Å². The highest BCUT2D eigenvalue weighted by Crippen LogP contribution is 2.24. The molecule has 1 aliphatic heterocycles. The number of imidazole rings is 2. The summed E-state index contributed by atoms with van der Waals surface area (Å²) in [6.45, 7) is 4.12. The lowest BCUT2D eigenvalue weighted by molar-refractivity contribution is 0.0984. The van der Waals surface area contributed by atoms with Crippen LogP contribution in [0.4, 0.5) is 5.69 Å². The summed E-state index contributed by atoms with van der Waals surface area (Å²) in [7, 11) is 2.15. The average Bonchev–Trinajstić information content (AvgIpc) is 3.49. The Labute approximate surface area is 197 Å². The highest BCUT2D eigenvalue weighted by molar-refractivity contribution is 5.98. The number of H-pyrrole nitrogens is 2. The minimum atomic E-state index is -0.0282. The number of benzene rings is 3. The van der Waals surface area contributed by atoms with Gasteiger partial charge in [-0.3, -0.25) is 4.79 Å². The molecule has 3 heterocycles. The predicted octanol–water partition coefficient (Wildman–Crippen LogP) is 4.28. The SMILES string of the molecule is CN1CCN(c2ccc3nc(C(=O)Cc4ccc5nc(-c6ccccc6)[nH]c5c4)[nH]c3c2)CC1. The number of anilines is 1. The maximum Gasteiger partial charge on any atom is 0.202 e. The van der Waals surface area contributed by atoms with Crippen LogP contribution in [0.15, 0.2) is 66.7 Å². The topological polar surface area (TPSA) is 80.9 Å². The lowest BCUT2D eigenvalue weighted by Crippen LogP contribution is -2.44. The van der Waals surface area contributed by atoms with Crippen LogP contribution < -0.4 is 4.90 Å². The Kier molecular flexibility index (Phi) is 5.11. The van der Waals surface area contributed by atoms with Gasteiger partial charge in [0.05, 0.1) is 22.1 Å². The molecule has 0 atom stereocenters. The summed E-state index contributed by atoms with van der Waals surface area (Å²) in [5, 5.41) is 0. The predicted molar refractivity (Wildman–Crippen MR) is 135 cm³/mol. The van der Waals surface area contributed by atoms with Gasteiger partial charge in [-0.25, -0.2) is 9.97 Å². The van der Waals surface area contributed by atoms with Crippen molar-refractivity contribution in [1.82, 2.24) is 24.8 Å². The van der Waals surface area contributed by atoms with Crippen molar-refractivity contribution in [3.8, 4) is 11.4 Å². The van der Waals surface area contributed by atoms with Gasteiger partial charge >= 0.3 is 0 Å². The molecule has 2 aromatic heterocycles. The Bertz CT molecular complexity index is 1480. The highest BCUT2D eigenvalue weighted by Gasteiger charge is 2.17. The first kappa shape index (κ1) is 20.6. The zero-order valence-electron chi connectivity index (χ0n) is 19.1. The van der Waals surface area contributed by atoms with Crippen LogP contribution in [0.5, 0.6) is 0 Å². The van der Waals surface area contributed by atoms with Crippen LogP contribution in [-0.4, -0.2) is 63.8 Å². The Balaban J connectivity index is 1.21. The van der Waals surface area contributed by atoms with E-state index in [4.69, 9.17) is 0 Å². The molecular formula is C27H26N6O. The molecule has 5 aromatic rings.